The highest BCUT2D eigenvalue weighted by molar-refractivity contribution is 7.09. The first-order valence-corrected chi connectivity index (χ1v) is 4.48. The van der Waals surface area contributed by atoms with Gasteiger partial charge < -0.3 is 11.1 Å². The van der Waals surface area contributed by atoms with Crippen molar-refractivity contribution >= 4 is 29.7 Å². The van der Waals surface area contributed by atoms with E-state index in [4.69, 9.17) is 5.73 Å². The Kier molecular flexibility index (Phi) is 5.61. The van der Waals surface area contributed by atoms with Crippen LogP contribution >= 0.6 is 23.7 Å². The van der Waals surface area contributed by atoms with E-state index in [1.165, 1.54) is 18.3 Å². The average Bonchev–Trinajstić information content (AvgIpc) is 2.48. The summed E-state index contributed by atoms with van der Waals surface area (Å²) in [4.78, 5) is 14.7. The standard InChI is InChI=1S/C7H11N3OS.ClH/c1-5(11)9-3-7-10-6(2-8)4-12-7;/h4H,2-3,8H2,1H3,(H,9,11);1H. The molecular weight excluding hydrogens is 210 g/mol. The second-order valence-corrected chi connectivity index (χ2v) is 3.29. The summed E-state index contributed by atoms with van der Waals surface area (Å²) in [6, 6.07) is 0. The summed E-state index contributed by atoms with van der Waals surface area (Å²) in [5.74, 6) is -0.0421. The summed E-state index contributed by atoms with van der Waals surface area (Å²) in [5, 5.41) is 5.46. The minimum Gasteiger partial charge on any atom is -0.350 e. The molecule has 74 valence electrons. The van der Waals surface area contributed by atoms with E-state index in [0.29, 0.717) is 13.1 Å². The summed E-state index contributed by atoms with van der Waals surface area (Å²) < 4.78 is 0. The number of carbonyl (C=O) groups is 1. The molecule has 3 N–H and O–H groups in total. The molecule has 1 amide bonds. The lowest BCUT2D eigenvalue weighted by molar-refractivity contribution is -0.119. The van der Waals surface area contributed by atoms with Crippen molar-refractivity contribution in [2.45, 2.75) is 20.0 Å². The third-order valence-corrected chi connectivity index (χ3v) is 2.19. The van der Waals surface area contributed by atoms with Gasteiger partial charge in [0.05, 0.1) is 12.2 Å². The van der Waals surface area contributed by atoms with Crippen LogP contribution in [0, 0.1) is 0 Å². The molecule has 0 atom stereocenters. The van der Waals surface area contributed by atoms with Crippen LogP contribution in [0.2, 0.25) is 0 Å². The molecule has 1 aromatic heterocycles. The van der Waals surface area contributed by atoms with Crippen molar-refractivity contribution in [3.05, 3.63) is 16.1 Å². The maximum absolute atomic E-state index is 10.5. The van der Waals surface area contributed by atoms with Gasteiger partial charge in [0.15, 0.2) is 0 Å². The molecule has 1 rings (SSSR count). The molecule has 0 unspecified atom stereocenters. The quantitative estimate of drug-likeness (QED) is 0.788. The summed E-state index contributed by atoms with van der Waals surface area (Å²) in [7, 11) is 0. The first kappa shape index (κ1) is 12.3. The second-order valence-electron chi connectivity index (χ2n) is 2.35. The molecule has 0 aliphatic heterocycles. The number of rotatable bonds is 3. The van der Waals surface area contributed by atoms with Crippen LogP contribution in [0.4, 0.5) is 0 Å². The molecule has 0 spiro atoms. The molecule has 13 heavy (non-hydrogen) atoms. The van der Waals surface area contributed by atoms with Gasteiger partial charge in [0.25, 0.3) is 0 Å². The van der Waals surface area contributed by atoms with Crippen LogP contribution in [0.25, 0.3) is 0 Å². The van der Waals surface area contributed by atoms with Gasteiger partial charge in [-0.15, -0.1) is 23.7 Å². The number of carbonyl (C=O) groups excluding carboxylic acids is 1. The number of nitrogens with zero attached hydrogens (tertiary/aromatic N) is 1. The highest BCUT2D eigenvalue weighted by Gasteiger charge is 2.00. The SMILES string of the molecule is CC(=O)NCc1nc(CN)cs1.Cl. The lowest BCUT2D eigenvalue weighted by Crippen LogP contribution is -2.18. The van der Waals surface area contributed by atoms with Crippen LogP contribution < -0.4 is 11.1 Å². The van der Waals surface area contributed by atoms with Gasteiger partial charge in [-0.3, -0.25) is 4.79 Å². The largest absolute Gasteiger partial charge is 0.350 e. The lowest BCUT2D eigenvalue weighted by Gasteiger charge is -1.95. The molecule has 0 saturated heterocycles. The Hall–Kier alpha value is -0.650. The number of hydrogen-bond donors (Lipinski definition) is 2. The van der Waals surface area contributed by atoms with Gasteiger partial charge in [0, 0.05) is 18.8 Å². The summed E-state index contributed by atoms with van der Waals surface area (Å²) in [6.07, 6.45) is 0. The van der Waals surface area contributed by atoms with Crippen molar-refractivity contribution in [2.75, 3.05) is 0 Å². The van der Waals surface area contributed by atoms with E-state index in [1.807, 2.05) is 5.38 Å². The maximum Gasteiger partial charge on any atom is 0.217 e. The van der Waals surface area contributed by atoms with Crippen molar-refractivity contribution < 1.29 is 4.79 Å². The van der Waals surface area contributed by atoms with Crippen LogP contribution in [0.15, 0.2) is 5.38 Å². The molecule has 1 aromatic rings. The molecular formula is C7H12ClN3OS. The number of hydrogen-bond acceptors (Lipinski definition) is 4. The Morgan fingerprint density at radius 3 is 2.92 bits per heavy atom. The number of thiazole rings is 1. The monoisotopic (exact) mass is 221 g/mol. The molecule has 4 nitrogen and oxygen atoms in total. The molecule has 6 heteroatoms. The Bertz CT molecular complexity index is 276. The highest BCUT2D eigenvalue weighted by Crippen LogP contribution is 2.08. The van der Waals surface area contributed by atoms with Crippen molar-refractivity contribution in [1.82, 2.24) is 10.3 Å². The third-order valence-electron chi connectivity index (χ3n) is 1.30. The van der Waals surface area contributed by atoms with Gasteiger partial charge >= 0.3 is 0 Å². The van der Waals surface area contributed by atoms with Gasteiger partial charge in [-0.25, -0.2) is 4.98 Å². The molecule has 0 fully saturated rings. The van der Waals surface area contributed by atoms with E-state index < -0.39 is 0 Å². The maximum atomic E-state index is 10.5. The molecule has 0 saturated carbocycles. The van der Waals surface area contributed by atoms with Gasteiger partial charge in [0.2, 0.25) is 5.91 Å². The number of amides is 1. The lowest BCUT2D eigenvalue weighted by atomic mass is 10.5. The smallest absolute Gasteiger partial charge is 0.217 e. The number of nitrogens with two attached hydrogens (primary N) is 1. The fourth-order valence-corrected chi connectivity index (χ4v) is 1.47. The zero-order valence-electron chi connectivity index (χ0n) is 7.24. The first-order chi connectivity index (χ1) is 5.72. The predicted molar refractivity (Wildman–Crippen MR) is 54.8 cm³/mol. The average molecular weight is 222 g/mol. The van der Waals surface area contributed by atoms with E-state index in [1.54, 1.807) is 0 Å². The normalized spacial score (nSPS) is 9.08. The summed E-state index contributed by atoms with van der Waals surface area (Å²) in [6.45, 7) is 2.44. The van der Waals surface area contributed by atoms with E-state index >= 15 is 0 Å². The van der Waals surface area contributed by atoms with E-state index in [-0.39, 0.29) is 18.3 Å². The van der Waals surface area contributed by atoms with Crippen LogP contribution in [-0.4, -0.2) is 10.9 Å². The molecule has 0 aliphatic rings. The Morgan fingerprint density at radius 1 is 1.77 bits per heavy atom. The van der Waals surface area contributed by atoms with E-state index in [2.05, 4.69) is 10.3 Å². The fraction of sp³-hybridized carbons (Fsp3) is 0.429. The summed E-state index contributed by atoms with van der Waals surface area (Å²) >= 11 is 1.51. The minimum atomic E-state index is -0.0421. The van der Waals surface area contributed by atoms with Crippen LogP contribution in [0.5, 0.6) is 0 Å². The van der Waals surface area contributed by atoms with Crippen LogP contribution in [0.3, 0.4) is 0 Å². The van der Waals surface area contributed by atoms with E-state index in [9.17, 15) is 4.79 Å². The third kappa shape index (κ3) is 4.21. The molecule has 1 heterocycles. The van der Waals surface area contributed by atoms with Crippen molar-refractivity contribution in [2.24, 2.45) is 5.73 Å². The molecule has 0 aromatic carbocycles. The highest BCUT2D eigenvalue weighted by atomic mass is 35.5. The Labute approximate surface area is 87.0 Å². The Balaban J connectivity index is 0.00000144. The van der Waals surface area contributed by atoms with Gasteiger partial charge in [-0.05, 0) is 0 Å². The number of nitrogens with one attached hydrogen (secondary N) is 1. The van der Waals surface area contributed by atoms with Gasteiger partial charge in [-0.2, -0.15) is 0 Å². The zero-order chi connectivity index (χ0) is 8.97. The second kappa shape index (κ2) is 5.90. The zero-order valence-corrected chi connectivity index (χ0v) is 8.87. The van der Waals surface area contributed by atoms with E-state index in [0.717, 1.165) is 10.7 Å². The van der Waals surface area contributed by atoms with Crippen molar-refractivity contribution in [3.8, 4) is 0 Å². The van der Waals surface area contributed by atoms with Crippen LogP contribution in [-0.2, 0) is 17.9 Å². The summed E-state index contributed by atoms with van der Waals surface area (Å²) in [5.41, 5.74) is 6.25. The molecule has 0 bridgehead atoms. The number of aromatic nitrogens is 1. The number of halogens is 1. The van der Waals surface area contributed by atoms with Crippen molar-refractivity contribution in [1.29, 1.82) is 0 Å². The van der Waals surface area contributed by atoms with Gasteiger partial charge in [0.1, 0.15) is 5.01 Å². The Morgan fingerprint density at radius 2 is 2.46 bits per heavy atom. The minimum absolute atomic E-state index is 0. The van der Waals surface area contributed by atoms with Crippen LogP contribution in [0.1, 0.15) is 17.6 Å². The van der Waals surface area contributed by atoms with Crippen molar-refractivity contribution in [3.63, 3.8) is 0 Å². The molecule has 0 aliphatic carbocycles. The van der Waals surface area contributed by atoms with Gasteiger partial charge in [-0.1, -0.05) is 0 Å². The first-order valence-electron chi connectivity index (χ1n) is 3.60. The molecule has 0 radical (unpaired) electrons. The topological polar surface area (TPSA) is 68.0 Å². The fourth-order valence-electron chi connectivity index (χ4n) is 0.724. The predicted octanol–water partition coefficient (Wildman–Crippen LogP) is 0.660.